The summed E-state index contributed by atoms with van der Waals surface area (Å²) in [6.07, 6.45) is 4.38. The van der Waals surface area contributed by atoms with Crippen LogP contribution in [0.1, 0.15) is 26.7 Å². The number of urea groups is 1. The van der Waals surface area contributed by atoms with Gasteiger partial charge in [0.15, 0.2) is 5.65 Å². The van der Waals surface area contributed by atoms with E-state index < -0.39 is 0 Å². The largest absolute Gasteiger partial charge is 0.326 e. The van der Waals surface area contributed by atoms with Crippen molar-refractivity contribution in [1.82, 2.24) is 29.5 Å². The average molecular weight is 438 g/mol. The molecule has 2 aromatic heterocycles. The predicted octanol–water partition coefficient (Wildman–Crippen LogP) is 2.22. The van der Waals surface area contributed by atoms with E-state index in [1.54, 1.807) is 26.6 Å². The van der Waals surface area contributed by atoms with Crippen molar-refractivity contribution in [2.75, 3.05) is 31.5 Å². The Bertz CT molecular complexity index is 1160. The lowest BCUT2D eigenvalue weighted by molar-refractivity contribution is -0.121. The second-order valence-corrected chi connectivity index (χ2v) is 7.80. The molecule has 1 atom stereocenters. The van der Waals surface area contributed by atoms with E-state index in [2.05, 4.69) is 20.4 Å². The van der Waals surface area contributed by atoms with Gasteiger partial charge >= 0.3 is 6.03 Å². The van der Waals surface area contributed by atoms with Gasteiger partial charge in [0.25, 0.3) is 5.56 Å². The maximum Gasteiger partial charge on any atom is 0.320 e. The molecule has 168 valence electrons. The Morgan fingerprint density at radius 3 is 2.69 bits per heavy atom. The lowest BCUT2D eigenvalue weighted by Gasteiger charge is -2.35. The third-order valence-corrected chi connectivity index (χ3v) is 5.85. The summed E-state index contributed by atoms with van der Waals surface area (Å²) in [4.78, 5) is 47.6. The van der Waals surface area contributed by atoms with Crippen LogP contribution in [0.25, 0.3) is 16.7 Å². The Morgan fingerprint density at radius 1 is 1.22 bits per heavy atom. The van der Waals surface area contributed by atoms with Gasteiger partial charge in [-0.05, 0) is 51.0 Å². The highest BCUT2D eigenvalue weighted by Crippen LogP contribution is 2.21. The van der Waals surface area contributed by atoms with Gasteiger partial charge in [-0.15, -0.1) is 0 Å². The molecule has 0 bridgehead atoms. The first-order valence-electron chi connectivity index (χ1n) is 10.9. The highest BCUT2D eigenvalue weighted by atomic mass is 16.2. The fourth-order valence-electron chi connectivity index (χ4n) is 4.03. The quantitative estimate of drug-likeness (QED) is 0.635. The van der Waals surface area contributed by atoms with Crippen LogP contribution >= 0.6 is 0 Å². The molecule has 1 aliphatic rings. The van der Waals surface area contributed by atoms with Crippen LogP contribution < -0.4 is 10.9 Å². The number of piperidine rings is 1. The molecule has 0 saturated carbocycles. The second kappa shape index (κ2) is 9.21. The average Bonchev–Trinajstić information content (AvgIpc) is 3.26. The van der Waals surface area contributed by atoms with Crippen molar-refractivity contribution >= 4 is 28.7 Å². The lowest BCUT2D eigenvalue weighted by atomic mass is 9.97. The number of amides is 3. The van der Waals surface area contributed by atoms with Crippen LogP contribution in [0.15, 0.2) is 41.6 Å². The number of carbonyl (C=O) groups is 2. The van der Waals surface area contributed by atoms with Gasteiger partial charge in [-0.2, -0.15) is 5.10 Å². The first-order chi connectivity index (χ1) is 15.5. The van der Waals surface area contributed by atoms with E-state index in [1.807, 2.05) is 26.0 Å². The van der Waals surface area contributed by atoms with E-state index in [0.717, 1.165) is 18.5 Å². The zero-order valence-electron chi connectivity index (χ0n) is 18.2. The zero-order valence-corrected chi connectivity index (χ0v) is 18.2. The van der Waals surface area contributed by atoms with Crippen LogP contribution in [0, 0.1) is 5.92 Å². The van der Waals surface area contributed by atoms with Gasteiger partial charge in [0.2, 0.25) is 5.91 Å². The smallest absolute Gasteiger partial charge is 0.320 e. The molecule has 3 heterocycles. The Balaban J connectivity index is 1.43. The Morgan fingerprint density at radius 2 is 1.97 bits per heavy atom. The van der Waals surface area contributed by atoms with Crippen LogP contribution in [0.3, 0.4) is 0 Å². The van der Waals surface area contributed by atoms with E-state index >= 15 is 0 Å². The number of carbonyl (C=O) groups excluding carboxylic acids is 2. The summed E-state index contributed by atoms with van der Waals surface area (Å²) in [5.41, 5.74) is 1.61. The molecule has 3 amide bonds. The molecule has 10 nitrogen and oxygen atoms in total. The van der Waals surface area contributed by atoms with Crippen molar-refractivity contribution in [2.45, 2.75) is 26.7 Å². The monoisotopic (exact) mass is 437 g/mol. The van der Waals surface area contributed by atoms with Crippen LogP contribution in [-0.4, -0.2) is 67.7 Å². The van der Waals surface area contributed by atoms with Crippen molar-refractivity contribution in [1.29, 1.82) is 0 Å². The predicted molar refractivity (Wildman–Crippen MR) is 121 cm³/mol. The number of anilines is 1. The number of hydrogen-bond acceptors (Lipinski definition) is 5. The molecule has 0 unspecified atom stereocenters. The fourth-order valence-corrected chi connectivity index (χ4v) is 4.03. The molecule has 1 aliphatic heterocycles. The van der Waals surface area contributed by atoms with Crippen LogP contribution in [0.2, 0.25) is 0 Å². The highest BCUT2D eigenvalue weighted by molar-refractivity contribution is 5.93. The molecule has 2 N–H and O–H groups in total. The zero-order chi connectivity index (χ0) is 22.7. The number of likely N-dealkylation sites (tertiary alicyclic amines) is 1. The Kier molecular flexibility index (Phi) is 6.20. The number of nitrogens with one attached hydrogen (secondary N) is 2. The molecule has 32 heavy (non-hydrogen) atoms. The summed E-state index contributed by atoms with van der Waals surface area (Å²) in [7, 11) is 0. The van der Waals surface area contributed by atoms with Crippen molar-refractivity contribution in [3.63, 3.8) is 0 Å². The second-order valence-electron chi connectivity index (χ2n) is 7.80. The van der Waals surface area contributed by atoms with Gasteiger partial charge in [-0.25, -0.2) is 14.5 Å². The summed E-state index contributed by atoms with van der Waals surface area (Å²) >= 11 is 0. The topological polar surface area (TPSA) is 116 Å². The molecular formula is C22H27N7O3. The summed E-state index contributed by atoms with van der Waals surface area (Å²) in [5.74, 6) is -0.332. The molecule has 1 aromatic carbocycles. The number of fused-ring (bicyclic) bond motifs is 1. The molecule has 4 rings (SSSR count). The normalized spacial score (nSPS) is 16.2. The fraction of sp³-hybridized carbons (Fsp3) is 0.409. The molecule has 1 fully saturated rings. The minimum atomic E-state index is -0.244. The van der Waals surface area contributed by atoms with Gasteiger partial charge in [0.1, 0.15) is 5.39 Å². The summed E-state index contributed by atoms with van der Waals surface area (Å²) in [6, 6.07) is 7.19. The number of aromatic nitrogens is 4. The molecular weight excluding hydrogens is 410 g/mol. The van der Waals surface area contributed by atoms with Gasteiger partial charge in [-0.3, -0.25) is 9.59 Å². The third-order valence-electron chi connectivity index (χ3n) is 5.85. The summed E-state index contributed by atoms with van der Waals surface area (Å²) in [6.45, 7) is 6.34. The standard InChI is InChI=1S/C22H27N7O3/c1-3-27(4-2)22(32)28-11-5-6-15(13-28)20(30)26-16-7-9-17(10-8-16)29-19-18(12-25-29)21(31)24-14-23-19/h7-10,12,14-15H,3-6,11,13H2,1-2H3,(H,26,30)(H,23,24,31)/t15-/m1/s1. The number of nitrogens with zero attached hydrogens (tertiary/aromatic N) is 5. The van der Waals surface area contributed by atoms with E-state index in [9.17, 15) is 14.4 Å². The van der Waals surface area contributed by atoms with Gasteiger partial charge in [0, 0.05) is 31.9 Å². The molecule has 10 heteroatoms. The van der Waals surface area contributed by atoms with Gasteiger partial charge < -0.3 is 20.1 Å². The molecule has 0 spiro atoms. The molecule has 1 saturated heterocycles. The number of rotatable bonds is 5. The number of benzene rings is 1. The summed E-state index contributed by atoms with van der Waals surface area (Å²) in [5, 5.41) is 7.61. The van der Waals surface area contributed by atoms with Crippen LogP contribution in [-0.2, 0) is 4.79 Å². The SMILES string of the molecule is CCN(CC)C(=O)N1CCC[C@@H](C(=O)Nc2ccc(-n3ncc4c(=O)[nH]cnc43)cc2)C1. The van der Waals surface area contributed by atoms with E-state index in [0.29, 0.717) is 42.9 Å². The number of hydrogen-bond donors (Lipinski definition) is 2. The van der Waals surface area contributed by atoms with Gasteiger partial charge in [-0.1, -0.05) is 0 Å². The van der Waals surface area contributed by atoms with Crippen molar-refractivity contribution < 1.29 is 9.59 Å². The molecule has 3 aromatic rings. The number of H-pyrrole nitrogens is 1. The van der Waals surface area contributed by atoms with Gasteiger partial charge in [0.05, 0.1) is 24.1 Å². The van der Waals surface area contributed by atoms with E-state index in [-0.39, 0.29) is 23.4 Å². The first kappa shape index (κ1) is 21.5. The van der Waals surface area contributed by atoms with E-state index in [4.69, 9.17) is 0 Å². The minimum Gasteiger partial charge on any atom is -0.326 e. The highest BCUT2D eigenvalue weighted by Gasteiger charge is 2.30. The molecule has 0 aliphatic carbocycles. The van der Waals surface area contributed by atoms with Crippen LogP contribution in [0.5, 0.6) is 0 Å². The maximum atomic E-state index is 12.8. The van der Waals surface area contributed by atoms with Crippen molar-refractivity contribution in [3.8, 4) is 5.69 Å². The van der Waals surface area contributed by atoms with Crippen molar-refractivity contribution in [3.05, 3.63) is 47.1 Å². The minimum absolute atomic E-state index is 0.00394. The first-order valence-corrected chi connectivity index (χ1v) is 10.9. The van der Waals surface area contributed by atoms with Crippen molar-refractivity contribution in [2.24, 2.45) is 5.92 Å². The van der Waals surface area contributed by atoms with E-state index in [1.165, 1.54) is 12.5 Å². The third kappa shape index (κ3) is 4.20. The number of aromatic amines is 1. The lowest BCUT2D eigenvalue weighted by Crippen LogP contribution is -2.49. The van der Waals surface area contributed by atoms with Crippen LogP contribution in [0.4, 0.5) is 10.5 Å². The Labute approximate surface area is 185 Å². The Hall–Kier alpha value is -3.69. The maximum absolute atomic E-state index is 12.8. The molecule has 0 radical (unpaired) electrons. The summed E-state index contributed by atoms with van der Waals surface area (Å²) < 4.78 is 1.58.